The molecule has 1 aromatic carbocycles. The van der Waals surface area contributed by atoms with Gasteiger partial charge in [0.15, 0.2) is 5.82 Å². The maximum absolute atomic E-state index is 12.8. The summed E-state index contributed by atoms with van der Waals surface area (Å²) < 4.78 is 6.75. The summed E-state index contributed by atoms with van der Waals surface area (Å²) >= 11 is 1.17. The predicted octanol–water partition coefficient (Wildman–Crippen LogP) is 5.03. The summed E-state index contributed by atoms with van der Waals surface area (Å²) in [7, 11) is 0. The average Bonchev–Trinajstić information content (AvgIpc) is 3.48. The lowest BCUT2D eigenvalue weighted by molar-refractivity contribution is -0.384. The van der Waals surface area contributed by atoms with Crippen molar-refractivity contribution in [3.05, 3.63) is 82.2 Å². The molecule has 0 aliphatic heterocycles. The first-order valence-corrected chi connectivity index (χ1v) is 11.3. The third kappa shape index (κ3) is 5.17. The Labute approximate surface area is 203 Å². The van der Waals surface area contributed by atoms with E-state index in [9.17, 15) is 19.7 Å². The van der Waals surface area contributed by atoms with E-state index < -0.39 is 16.9 Å². The molecule has 3 heterocycles. The van der Waals surface area contributed by atoms with Crippen LogP contribution in [0.25, 0.3) is 16.3 Å². The standard InChI is InChI=1S/C23H20N6O5S/c1-3-34-22(30)19-14(2)20(15-8-10-16(11-9-15)29(32)33)35-21(19)27-23(31)26-17-6-4-7-18(25-17)28-13-5-12-24-28/h4-13H,3H2,1-2H3,(H2,25,26,27,31). The number of carbonyl (C=O) groups is 2. The Morgan fingerprint density at radius 1 is 1.14 bits per heavy atom. The van der Waals surface area contributed by atoms with Crippen molar-refractivity contribution < 1.29 is 19.2 Å². The Morgan fingerprint density at radius 2 is 1.91 bits per heavy atom. The molecule has 0 bridgehead atoms. The normalized spacial score (nSPS) is 10.6. The number of nitrogens with one attached hydrogen (secondary N) is 2. The molecular formula is C23H20N6O5S. The highest BCUT2D eigenvalue weighted by Gasteiger charge is 2.25. The van der Waals surface area contributed by atoms with Gasteiger partial charge in [0.1, 0.15) is 10.8 Å². The minimum absolute atomic E-state index is 0.0452. The van der Waals surface area contributed by atoms with Crippen molar-refractivity contribution in [3.8, 4) is 16.3 Å². The van der Waals surface area contributed by atoms with E-state index in [-0.39, 0.29) is 28.7 Å². The van der Waals surface area contributed by atoms with Crippen molar-refractivity contribution in [1.82, 2.24) is 14.8 Å². The molecular weight excluding hydrogens is 472 g/mol. The lowest BCUT2D eigenvalue weighted by Crippen LogP contribution is -2.21. The summed E-state index contributed by atoms with van der Waals surface area (Å²) in [6.07, 6.45) is 3.35. The number of pyridine rings is 1. The largest absolute Gasteiger partial charge is 0.462 e. The van der Waals surface area contributed by atoms with Crippen LogP contribution >= 0.6 is 11.3 Å². The minimum Gasteiger partial charge on any atom is -0.462 e. The number of nitro benzene ring substituents is 1. The van der Waals surface area contributed by atoms with E-state index >= 15 is 0 Å². The highest BCUT2D eigenvalue weighted by atomic mass is 32.1. The van der Waals surface area contributed by atoms with Crippen molar-refractivity contribution in [3.63, 3.8) is 0 Å². The predicted molar refractivity (Wildman–Crippen MR) is 131 cm³/mol. The number of esters is 1. The first kappa shape index (κ1) is 23.6. The van der Waals surface area contributed by atoms with Crippen LogP contribution in [0.3, 0.4) is 0 Å². The van der Waals surface area contributed by atoms with Gasteiger partial charge in [0, 0.05) is 29.4 Å². The summed E-state index contributed by atoms with van der Waals surface area (Å²) in [6.45, 7) is 3.59. The van der Waals surface area contributed by atoms with Crippen LogP contribution in [0.1, 0.15) is 22.8 Å². The van der Waals surface area contributed by atoms with E-state index in [2.05, 4.69) is 20.7 Å². The molecule has 3 aromatic heterocycles. The van der Waals surface area contributed by atoms with Crippen LogP contribution < -0.4 is 10.6 Å². The number of amides is 2. The van der Waals surface area contributed by atoms with Crippen LogP contribution in [0.2, 0.25) is 0 Å². The third-order valence-corrected chi connectivity index (χ3v) is 6.17. The number of aromatic nitrogens is 3. The summed E-state index contributed by atoms with van der Waals surface area (Å²) in [5.41, 5.74) is 1.44. The second-order valence-electron chi connectivity index (χ2n) is 7.20. The second kappa shape index (κ2) is 10.1. The monoisotopic (exact) mass is 492 g/mol. The number of benzene rings is 1. The number of anilines is 2. The van der Waals surface area contributed by atoms with Gasteiger partial charge in [-0.25, -0.2) is 19.3 Å². The number of hydrogen-bond acceptors (Lipinski definition) is 8. The summed E-state index contributed by atoms with van der Waals surface area (Å²) in [6, 6.07) is 12.2. The van der Waals surface area contributed by atoms with E-state index in [4.69, 9.17) is 4.74 Å². The van der Waals surface area contributed by atoms with E-state index in [1.54, 1.807) is 67.3 Å². The fraction of sp³-hybridized carbons (Fsp3) is 0.130. The molecule has 0 unspecified atom stereocenters. The zero-order chi connectivity index (χ0) is 24.9. The molecule has 0 saturated carbocycles. The van der Waals surface area contributed by atoms with Crippen LogP contribution in [0.15, 0.2) is 60.9 Å². The highest BCUT2D eigenvalue weighted by Crippen LogP contribution is 2.40. The molecule has 0 aliphatic rings. The van der Waals surface area contributed by atoms with Gasteiger partial charge in [-0.2, -0.15) is 5.10 Å². The van der Waals surface area contributed by atoms with E-state index in [1.165, 1.54) is 23.5 Å². The fourth-order valence-electron chi connectivity index (χ4n) is 3.34. The molecule has 0 aliphatic carbocycles. The average molecular weight is 493 g/mol. The summed E-state index contributed by atoms with van der Waals surface area (Å²) in [5, 5.41) is 20.7. The first-order chi connectivity index (χ1) is 16.9. The Balaban J connectivity index is 1.61. The molecule has 0 saturated heterocycles. The van der Waals surface area contributed by atoms with Crippen molar-refractivity contribution in [2.45, 2.75) is 13.8 Å². The van der Waals surface area contributed by atoms with Gasteiger partial charge in [-0.05, 0) is 55.3 Å². The second-order valence-corrected chi connectivity index (χ2v) is 8.22. The van der Waals surface area contributed by atoms with Crippen LogP contribution in [0, 0.1) is 17.0 Å². The Kier molecular flexibility index (Phi) is 6.83. The number of non-ortho nitro benzene ring substituents is 1. The number of thiophene rings is 1. The Bertz CT molecular complexity index is 1380. The molecule has 11 nitrogen and oxygen atoms in total. The van der Waals surface area contributed by atoms with Crippen molar-refractivity contribution in [2.75, 3.05) is 17.2 Å². The van der Waals surface area contributed by atoms with Gasteiger partial charge in [0.05, 0.1) is 17.1 Å². The maximum atomic E-state index is 12.8. The third-order valence-electron chi connectivity index (χ3n) is 4.91. The number of nitrogens with zero attached hydrogens (tertiary/aromatic N) is 4. The van der Waals surface area contributed by atoms with Crippen molar-refractivity contribution in [2.24, 2.45) is 0 Å². The van der Waals surface area contributed by atoms with Crippen LogP contribution in [-0.2, 0) is 4.74 Å². The molecule has 35 heavy (non-hydrogen) atoms. The van der Waals surface area contributed by atoms with Gasteiger partial charge >= 0.3 is 12.0 Å². The number of hydrogen-bond donors (Lipinski definition) is 2. The summed E-state index contributed by atoms with van der Waals surface area (Å²) in [4.78, 5) is 41.0. The molecule has 0 spiro atoms. The van der Waals surface area contributed by atoms with Gasteiger partial charge < -0.3 is 4.74 Å². The zero-order valence-corrected chi connectivity index (χ0v) is 19.5. The molecule has 2 amide bonds. The molecule has 2 N–H and O–H groups in total. The highest BCUT2D eigenvalue weighted by molar-refractivity contribution is 7.20. The number of carbonyl (C=O) groups excluding carboxylic acids is 2. The fourth-order valence-corrected chi connectivity index (χ4v) is 4.53. The first-order valence-electron chi connectivity index (χ1n) is 10.5. The molecule has 0 radical (unpaired) electrons. The molecule has 178 valence electrons. The zero-order valence-electron chi connectivity index (χ0n) is 18.7. The van der Waals surface area contributed by atoms with Crippen molar-refractivity contribution in [1.29, 1.82) is 0 Å². The lowest BCUT2D eigenvalue weighted by Gasteiger charge is -2.09. The smallest absolute Gasteiger partial charge is 0.341 e. The van der Waals surface area contributed by atoms with E-state index in [0.29, 0.717) is 21.8 Å². The molecule has 4 rings (SSSR count). The topological polar surface area (TPSA) is 141 Å². The summed E-state index contributed by atoms with van der Waals surface area (Å²) in [5.74, 6) is 0.230. The SMILES string of the molecule is CCOC(=O)c1c(NC(=O)Nc2cccc(-n3cccn3)n2)sc(-c2ccc([N+](=O)[O-])cc2)c1C. The maximum Gasteiger partial charge on any atom is 0.341 e. The minimum atomic E-state index is -0.600. The number of ether oxygens (including phenoxy) is 1. The number of rotatable bonds is 7. The van der Waals surface area contributed by atoms with Crippen LogP contribution in [0.4, 0.5) is 21.3 Å². The van der Waals surface area contributed by atoms with Gasteiger partial charge in [-0.3, -0.25) is 20.7 Å². The molecule has 0 fully saturated rings. The molecule has 0 atom stereocenters. The number of urea groups is 1. The van der Waals surface area contributed by atoms with Crippen LogP contribution in [0.5, 0.6) is 0 Å². The van der Waals surface area contributed by atoms with Gasteiger partial charge in [0.25, 0.3) is 5.69 Å². The Hall–Kier alpha value is -4.58. The van der Waals surface area contributed by atoms with Gasteiger partial charge in [0.2, 0.25) is 0 Å². The van der Waals surface area contributed by atoms with Crippen molar-refractivity contribution >= 4 is 39.8 Å². The quantitative estimate of drug-likeness (QED) is 0.209. The van der Waals surface area contributed by atoms with Gasteiger partial charge in [-0.1, -0.05) is 6.07 Å². The lowest BCUT2D eigenvalue weighted by atomic mass is 10.1. The number of nitro groups is 1. The van der Waals surface area contributed by atoms with Crippen LogP contribution in [-0.4, -0.2) is 38.3 Å². The molecule has 4 aromatic rings. The van der Waals surface area contributed by atoms with E-state index in [1.807, 2.05) is 0 Å². The van der Waals surface area contributed by atoms with Gasteiger partial charge in [-0.15, -0.1) is 11.3 Å². The van der Waals surface area contributed by atoms with E-state index in [0.717, 1.165) is 0 Å². The molecule has 12 heteroatoms. The Morgan fingerprint density at radius 3 is 2.57 bits per heavy atom.